The zero-order valence-electron chi connectivity index (χ0n) is 13.9. The Balaban J connectivity index is 1.92. The summed E-state index contributed by atoms with van der Waals surface area (Å²) in [7, 11) is 0. The Morgan fingerprint density at radius 2 is 1.83 bits per heavy atom. The summed E-state index contributed by atoms with van der Waals surface area (Å²) >= 11 is 0. The van der Waals surface area contributed by atoms with Crippen LogP contribution in [0.5, 0.6) is 0 Å². The fourth-order valence-corrected chi connectivity index (χ4v) is 3.25. The van der Waals surface area contributed by atoms with E-state index in [0.717, 1.165) is 36.2 Å². The highest BCUT2D eigenvalue weighted by molar-refractivity contribution is 5.51. The van der Waals surface area contributed by atoms with Crippen LogP contribution in [0.15, 0.2) is 66.4 Å². The maximum atomic E-state index is 11.2. The summed E-state index contributed by atoms with van der Waals surface area (Å²) < 4.78 is 0. The molecule has 124 valence electrons. The van der Waals surface area contributed by atoms with Gasteiger partial charge in [-0.25, -0.2) is 0 Å². The minimum absolute atomic E-state index is 0.0580. The van der Waals surface area contributed by atoms with E-state index >= 15 is 0 Å². The lowest BCUT2D eigenvalue weighted by atomic mass is 9.87. The predicted molar refractivity (Wildman–Crippen MR) is 96.9 cm³/mol. The SMILES string of the molecule is Cc1ccc(C(C[N+](=O)[O-])C2=CN(c3ccccc3)CCC2)cc1. The van der Waals surface area contributed by atoms with Crippen LogP contribution < -0.4 is 4.90 Å². The molecule has 4 heteroatoms. The van der Waals surface area contributed by atoms with Crippen molar-refractivity contribution in [3.8, 4) is 0 Å². The molecule has 0 amide bonds. The third-order valence-electron chi connectivity index (χ3n) is 4.53. The van der Waals surface area contributed by atoms with Gasteiger partial charge in [-0.3, -0.25) is 10.1 Å². The number of hydrogen-bond donors (Lipinski definition) is 0. The first kappa shape index (κ1) is 16.2. The van der Waals surface area contributed by atoms with E-state index in [0.29, 0.717) is 0 Å². The van der Waals surface area contributed by atoms with Crippen molar-refractivity contribution < 1.29 is 4.92 Å². The van der Waals surface area contributed by atoms with Gasteiger partial charge in [0.25, 0.3) is 0 Å². The fraction of sp³-hybridized carbons (Fsp3) is 0.300. The number of aryl methyl sites for hydroxylation is 1. The number of anilines is 1. The second-order valence-electron chi connectivity index (χ2n) is 6.32. The maximum absolute atomic E-state index is 11.2. The van der Waals surface area contributed by atoms with E-state index in [-0.39, 0.29) is 17.4 Å². The third kappa shape index (κ3) is 3.82. The smallest absolute Gasteiger partial charge is 0.214 e. The number of rotatable bonds is 5. The van der Waals surface area contributed by atoms with E-state index in [1.807, 2.05) is 49.4 Å². The van der Waals surface area contributed by atoms with Crippen LogP contribution in [0, 0.1) is 17.0 Å². The van der Waals surface area contributed by atoms with Crippen molar-refractivity contribution in [3.05, 3.63) is 87.6 Å². The number of hydrogen-bond acceptors (Lipinski definition) is 3. The molecular weight excluding hydrogens is 300 g/mol. The minimum atomic E-state index is -0.202. The first-order chi connectivity index (χ1) is 11.6. The Hall–Kier alpha value is -2.62. The molecule has 1 aliphatic rings. The highest BCUT2D eigenvalue weighted by Gasteiger charge is 2.25. The topological polar surface area (TPSA) is 46.4 Å². The Bertz CT molecular complexity index is 723. The summed E-state index contributed by atoms with van der Waals surface area (Å²) in [5, 5.41) is 11.2. The van der Waals surface area contributed by atoms with Gasteiger partial charge in [0.15, 0.2) is 0 Å². The number of nitro groups is 1. The molecule has 0 N–H and O–H groups in total. The van der Waals surface area contributed by atoms with E-state index in [9.17, 15) is 10.1 Å². The van der Waals surface area contributed by atoms with Crippen LogP contribution in [0.25, 0.3) is 0 Å². The summed E-state index contributed by atoms with van der Waals surface area (Å²) in [5.74, 6) is -0.160. The molecule has 24 heavy (non-hydrogen) atoms. The number of nitrogens with zero attached hydrogens (tertiary/aromatic N) is 2. The lowest BCUT2D eigenvalue weighted by Gasteiger charge is -2.29. The number of para-hydroxylation sites is 1. The summed E-state index contributed by atoms with van der Waals surface area (Å²) in [5.41, 5.74) is 4.48. The van der Waals surface area contributed by atoms with Crippen LogP contribution in [-0.2, 0) is 0 Å². The van der Waals surface area contributed by atoms with Crippen molar-refractivity contribution in [2.24, 2.45) is 0 Å². The van der Waals surface area contributed by atoms with Crippen molar-refractivity contribution in [2.45, 2.75) is 25.7 Å². The van der Waals surface area contributed by atoms with Gasteiger partial charge in [0.05, 0.1) is 5.92 Å². The van der Waals surface area contributed by atoms with E-state index < -0.39 is 0 Å². The average Bonchev–Trinajstić information content (AvgIpc) is 2.61. The molecule has 0 bridgehead atoms. The quantitative estimate of drug-likeness (QED) is 0.600. The summed E-state index contributed by atoms with van der Waals surface area (Å²) in [4.78, 5) is 13.2. The molecule has 1 unspecified atom stereocenters. The van der Waals surface area contributed by atoms with Gasteiger partial charge in [-0.2, -0.15) is 0 Å². The second kappa shape index (κ2) is 7.30. The molecule has 0 fully saturated rings. The lowest BCUT2D eigenvalue weighted by Crippen LogP contribution is -2.26. The monoisotopic (exact) mass is 322 g/mol. The van der Waals surface area contributed by atoms with Crippen LogP contribution in [-0.4, -0.2) is 18.0 Å². The molecule has 0 spiro atoms. The molecule has 3 rings (SSSR count). The Labute approximate surface area is 142 Å². The molecule has 1 aliphatic heterocycles. The fourth-order valence-electron chi connectivity index (χ4n) is 3.25. The molecule has 0 radical (unpaired) electrons. The highest BCUT2D eigenvalue weighted by atomic mass is 16.6. The first-order valence-electron chi connectivity index (χ1n) is 8.34. The normalized spacial score (nSPS) is 15.7. The molecule has 0 saturated heterocycles. The predicted octanol–water partition coefficient (Wildman–Crippen LogP) is 4.54. The third-order valence-corrected chi connectivity index (χ3v) is 4.53. The van der Waals surface area contributed by atoms with Crippen LogP contribution >= 0.6 is 0 Å². The molecule has 1 atom stereocenters. The van der Waals surface area contributed by atoms with Crippen molar-refractivity contribution in [3.63, 3.8) is 0 Å². The van der Waals surface area contributed by atoms with Crippen molar-refractivity contribution in [2.75, 3.05) is 18.0 Å². The Morgan fingerprint density at radius 1 is 1.12 bits per heavy atom. The van der Waals surface area contributed by atoms with E-state index in [4.69, 9.17) is 0 Å². The van der Waals surface area contributed by atoms with Gasteiger partial charge >= 0.3 is 0 Å². The van der Waals surface area contributed by atoms with Crippen molar-refractivity contribution >= 4 is 5.69 Å². The van der Waals surface area contributed by atoms with Crippen LogP contribution in [0.1, 0.15) is 29.9 Å². The van der Waals surface area contributed by atoms with E-state index in [2.05, 4.69) is 23.2 Å². The second-order valence-corrected chi connectivity index (χ2v) is 6.32. The zero-order chi connectivity index (χ0) is 16.9. The molecule has 2 aromatic rings. The largest absolute Gasteiger partial charge is 0.348 e. The maximum Gasteiger partial charge on any atom is 0.214 e. The van der Waals surface area contributed by atoms with E-state index in [1.54, 1.807) is 0 Å². The summed E-state index contributed by atoms with van der Waals surface area (Å²) in [6, 6.07) is 18.3. The van der Waals surface area contributed by atoms with Crippen LogP contribution in [0.4, 0.5) is 5.69 Å². The van der Waals surface area contributed by atoms with Gasteiger partial charge in [-0.1, -0.05) is 48.0 Å². The van der Waals surface area contributed by atoms with Gasteiger partial charge in [-0.15, -0.1) is 0 Å². The Morgan fingerprint density at radius 3 is 2.50 bits per heavy atom. The van der Waals surface area contributed by atoms with Crippen molar-refractivity contribution in [1.29, 1.82) is 0 Å². The van der Waals surface area contributed by atoms with E-state index in [1.165, 1.54) is 5.56 Å². The zero-order valence-corrected chi connectivity index (χ0v) is 13.9. The van der Waals surface area contributed by atoms with Gasteiger partial charge in [0.2, 0.25) is 6.54 Å². The van der Waals surface area contributed by atoms with Gasteiger partial charge in [0.1, 0.15) is 0 Å². The summed E-state index contributed by atoms with van der Waals surface area (Å²) in [6.45, 7) is 2.92. The molecule has 0 saturated carbocycles. The first-order valence-corrected chi connectivity index (χ1v) is 8.34. The number of benzene rings is 2. The lowest BCUT2D eigenvalue weighted by molar-refractivity contribution is -0.482. The van der Waals surface area contributed by atoms with Gasteiger partial charge in [-0.05, 0) is 43.0 Å². The molecular formula is C20H22N2O2. The Kier molecular flexibility index (Phi) is 4.94. The average molecular weight is 322 g/mol. The molecule has 0 aromatic heterocycles. The molecule has 2 aromatic carbocycles. The minimum Gasteiger partial charge on any atom is -0.348 e. The van der Waals surface area contributed by atoms with Gasteiger partial charge < -0.3 is 4.90 Å². The molecule has 0 aliphatic carbocycles. The highest BCUT2D eigenvalue weighted by Crippen LogP contribution is 2.32. The molecule has 4 nitrogen and oxygen atoms in total. The van der Waals surface area contributed by atoms with Crippen LogP contribution in [0.3, 0.4) is 0 Å². The standard InChI is InChI=1S/C20H22N2O2/c1-16-9-11-17(12-10-16)20(15-22(23)24)18-6-5-13-21(14-18)19-7-3-2-4-8-19/h2-4,7-12,14,20H,5-6,13,15H2,1H3. The van der Waals surface area contributed by atoms with Crippen LogP contribution in [0.2, 0.25) is 0 Å². The summed E-state index contributed by atoms with van der Waals surface area (Å²) in [6.07, 6.45) is 4.05. The molecule has 1 heterocycles. The van der Waals surface area contributed by atoms with Gasteiger partial charge in [0, 0.05) is 23.4 Å². The van der Waals surface area contributed by atoms with Crippen molar-refractivity contribution in [1.82, 2.24) is 0 Å².